The number of ether oxygens (including phenoxy) is 1. The van der Waals surface area contributed by atoms with E-state index in [1.54, 1.807) is 0 Å². The standard InChI is InChI=1S/C18H28N2O/c1-5-6-17(20-13-11-19-12-14-20)15-7-9-16(10-8-15)21-18(2,3)4/h5,7-10,17,19H,1,6,11-14H2,2-4H3/t17-/m1/s1. The number of nitrogens with one attached hydrogen (secondary N) is 1. The Hall–Kier alpha value is -1.32. The van der Waals surface area contributed by atoms with Crippen molar-refractivity contribution in [2.75, 3.05) is 26.2 Å². The van der Waals surface area contributed by atoms with E-state index in [0.29, 0.717) is 6.04 Å². The lowest BCUT2D eigenvalue weighted by atomic mass is 10.0. The second kappa shape index (κ2) is 7.10. The van der Waals surface area contributed by atoms with E-state index in [0.717, 1.165) is 38.3 Å². The van der Waals surface area contributed by atoms with Crippen LogP contribution in [0.2, 0.25) is 0 Å². The van der Waals surface area contributed by atoms with Gasteiger partial charge in [-0.25, -0.2) is 0 Å². The molecule has 1 heterocycles. The molecule has 0 aromatic heterocycles. The molecular weight excluding hydrogens is 260 g/mol. The summed E-state index contributed by atoms with van der Waals surface area (Å²) in [5, 5.41) is 3.41. The lowest BCUT2D eigenvalue weighted by Crippen LogP contribution is -2.45. The van der Waals surface area contributed by atoms with Gasteiger partial charge in [-0.2, -0.15) is 0 Å². The molecule has 1 fully saturated rings. The van der Waals surface area contributed by atoms with Crippen LogP contribution in [0.25, 0.3) is 0 Å². The highest BCUT2D eigenvalue weighted by Crippen LogP contribution is 2.27. The Labute approximate surface area is 129 Å². The van der Waals surface area contributed by atoms with Crippen LogP contribution in [0.15, 0.2) is 36.9 Å². The molecule has 1 aliphatic heterocycles. The Bertz CT molecular complexity index is 441. The van der Waals surface area contributed by atoms with Crippen LogP contribution in [-0.4, -0.2) is 36.7 Å². The zero-order valence-corrected chi connectivity index (χ0v) is 13.6. The summed E-state index contributed by atoms with van der Waals surface area (Å²) >= 11 is 0. The SMILES string of the molecule is C=CC[C@H](c1ccc(OC(C)(C)C)cc1)N1CCNCC1. The van der Waals surface area contributed by atoms with E-state index in [1.165, 1.54) is 5.56 Å². The quantitative estimate of drug-likeness (QED) is 0.841. The number of piperazine rings is 1. The predicted octanol–water partition coefficient (Wildman–Crippen LogP) is 3.39. The van der Waals surface area contributed by atoms with E-state index in [4.69, 9.17) is 4.74 Å². The first-order valence-electron chi connectivity index (χ1n) is 7.84. The Balaban J connectivity index is 2.10. The third-order valence-corrected chi connectivity index (χ3v) is 3.67. The van der Waals surface area contributed by atoms with Crippen molar-refractivity contribution in [3.63, 3.8) is 0 Å². The minimum atomic E-state index is -0.152. The van der Waals surface area contributed by atoms with Gasteiger partial charge in [-0.15, -0.1) is 6.58 Å². The minimum Gasteiger partial charge on any atom is -0.488 e. The summed E-state index contributed by atoms with van der Waals surface area (Å²) in [5.74, 6) is 0.934. The van der Waals surface area contributed by atoms with Crippen molar-refractivity contribution in [2.45, 2.75) is 38.8 Å². The molecule has 116 valence electrons. The monoisotopic (exact) mass is 288 g/mol. The third kappa shape index (κ3) is 4.87. The molecule has 3 nitrogen and oxygen atoms in total. The second-order valence-corrected chi connectivity index (χ2v) is 6.61. The van der Waals surface area contributed by atoms with E-state index < -0.39 is 0 Å². The number of hydrogen-bond acceptors (Lipinski definition) is 3. The third-order valence-electron chi connectivity index (χ3n) is 3.67. The molecule has 0 amide bonds. The van der Waals surface area contributed by atoms with Crippen LogP contribution >= 0.6 is 0 Å². The van der Waals surface area contributed by atoms with Gasteiger partial charge in [0, 0.05) is 32.2 Å². The van der Waals surface area contributed by atoms with Crippen LogP contribution in [0.4, 0.5) is 0 Å². The lowest BCUT2D eigenvalue weighted by Gasteiger charge is -2.35. The highest BCUT2D eigenvalue weighted by molar-refractivity contribution is 5.30. The molecule has 1 aromatic rings. The molecule has 3 heteroatoms. The summed E-state index contributed by atoms with van der Waals surface area (Å²) in [6, 6.07) is 8.97. The number of hydrogen-bond donors (Lipinski definition) is 1. The number of rotatable bonds is 5. The molecule has 0 unspecified atom stereocenters. The molecule has 1 atom stereocenters. The summed E-state index contributed by atoms with van der Waals surface area (Å²) < 4.78 is 5.90. The van der Waals surface area contributed by atoms with E-state index in [-0.39, 0.29) is 5.60 Å². The van der Waals surface area contributed by atoms with Crippen molar-refractivity contribution >= 4 is 0 Å². The topological polar surface area (TPSA) is 24.5 Å². The van der Waals surface area contributed by atoms with Crippen molar-refractivity contribution in [3.05, 3.63) is 42.5 Å². The average Bonchev–Trinajstić information content (AvgIpc) is 2.45. The van der Waals surface area contributed by atoms with Gasteiger partial charge >= 0.3 is 0 Å². The highest BCUT2D eigenvalue weighted by atomic mass is 16.5. The maximum atomic E-state index is 5.90. The highest BCUT2D eigenvalue weighted by Gasteiger charge is 2.21. The molecule has 0 aliphatic carbocycles. The largest absolute Gasteiger partial charge is 0.488 e. The van der Waals surface area contributed by atoms with Crippen LogP contribution in [0, 0.1) is 0 Å². The molecule has 1 aromatic carbocycles. The van der Waals surface area contributed by atoms with Crippen molar-refractivity contribution in [1.82, 2.24) is 10.2 Å². The van der Waals surface area contributed by atoms with Crippen molar-refractivity contribution in [2.24, 2.45) is 0 Å². The molecule has 0 radical (unpaired) electrons. The van der Waals surface area contributed by atoms with E-state index in [2.05, 4.69) is 61.8 Å². The van der Waals surface area contributed by atoms with Crippen LogP contribution in [0.3, 0.4) is 0 Å². The normalized spacial score (nSPS) is 18.2. The van der Waals surface area contributed by atoms with E-state index in [1.807, 2.05) is 6.08 Å². The molecular formula is C18H28N2O. The predicted molar refractivity (Wildman–Crippen MR) is 88.8 cm³/mol. The minimum absolute atomic E-state index is 0.152. The summed E-state index contributed by atoms with van der Waals surface area (Å²) in [6.07, 6.45) is 3.01. The van der Waals surface area contributed by atoms with Gasteiger partial charge in [0.1, 0.15) is 11.4 Å². The van der Waals surface area contributed by atoms with Crippen molar-refractivity contribution in [3.8, 4) is 5.75 Å². The van der Waals surface area contributed by atoms with Crippen LogP contribution in [0.1, 0.15) is 38.8 Å². The average molecular weight is 288 g/mol. The van der Waals surface area contributed by atoms with Crippen molar-refractivity contribution < 1.29 is 4.74 Å². The van der Waals surface area contributed by atoms with Gasteiger partial charge in [-0.1, -0.05) is 18.2 Å². The summed E-state index contributed by atoms with van der Waals surface area (Å²) in [6.45, 7) is 14.5. The Kier molecular flexibility index (Phi) is 5.43. The number of benzene rings is 1. The molecule has 1 N–H and O–H groups in total. The maximum absolute atomic E-state index is 5.90. The van der Waals surface area contributed by atoms with Gasteiger partial charge in [0.2, 0.25) is 0 Å². The fourth-order valence-corrected chi connectivity index (χ4v) is 2.76. The molecule has 0 bridgehead atoms. The van der Waals surface area contributed by atoms with Gasteiger partial charge in [0.15, 0.2) is 0 Å². The van der Waals surface area contributed by atoms with Gasteiger partial charge < -0.3 is 10.1 Å². The zero-order chi connectivity index (χ0) is 15.3. The van der Waals surface area contributed by atoms with Gasteiger partial charge in [-0.3, -0.25) is 4.90 Å². The van der Waals surface area contributed by atoms with E-state index in [9.17, 15) is 0 Å². The van der Waals surface area contributed by atoms with E-state index >= 15 is 0 Å². The zero-order valence-electron chi connectivity index (χ0n) is 13.6. The maximum Gasteiger partial charge on any atom is 0.120 e. The number of nitrogens with zero attached hydrogens (tertiary/aromatic N) is 1. The van der Waals surface area contributed by atoms with Gasteiger partial charge in [0.05, 0.1) is 0 Å². The second-order valence-electron chi connectivity index (χ2n) is 6.61. The summed E-state index contributed by atoms with van der Waals surface area (Å²) in [5.41, 5.74) is 1.19. The van der Waals surface area contributed by atoms with Crippen molar-refractivity contribution in [1.29, 1.82) is 0 Å². The summed E-state index contributed by atoms with van der Waals surface area (Å²) in [7, 11) is 0. The smallest absolute Gasteiger partial charge is 0.120 e. The Morgan fingerprint density at radius 3 is 2.38 bits per heavy atom. The fourth-order valence-electron chi connectivity index (χ4n) is 2.76. The summed E-state index contributed by atoms with van der Waals surface area (Å²) in [4.78, 5) is 2.54. The van der Waals surface area contributed by atoms with Crippen LogP contribution < -0.4 is 10.1 Å². The molecule has 21 heavy (non-hydrogen) atoms. The molecule has 1 aliphatic rings. The molecule has 1 saturated heterocycles. The Morgan fingerprint density at radius 1 is 1.24 bits per heavy atom. The Morgan fingerprint density at radius 2 is 1.86 bits per heavy atom. The lowest BCUT2D eigenvalue weighted by molar-refractivity contribution is 0.130. The molecule has 2 rings (SSSR count). The molecule has 0 spiro atoms. The first-order chi connectivity index (χ1) is 9.99. The molecule has 0 saturated carbocycles. The fraction of sp³-hybridized carbons (Fsp3) is 0.556. The van der Waals surface area contributed by atoms with Crippen LogP contribution in [0.5, 0.6) is 5.75 Å². The first kappa shape index (κ1) is 16.1. The van der Waals surface area contributed by atoms with Gasteiger partial charge in [-0.05, 0) is 44.9 Å². The van der Waals surface area contributed by atoms with Crippen LogP contribution in [-0.2, 0) is 0 Å². The van der Waals surface area contributed by atoms with Gasteiger partial charge in [0.25, 0.3) is 0 Å². The first-order valence-corrected chi connectivity index (χ1v) is 7.84.